The van der Waals surface area contributed by atoms with E-state index in [-0.39, 0.29) is 24.9 Å². The van der Waals surface area contributed by atoms with E-state index in [9.17, 15) is 18.9 Å². The van der Waals surface area contributed by atoms with Crippen LogP contribution in [-0.4, -0.2) is 42.3 Å². The minimum absolute atomic E-state index is 0.0594. The molecule has 0 spiro atoms. The summed E-state index contributed by atoms with van der Waals surface area (Å²) < 4.78 is 28.1. The van der Waals surface area contributed by atoms with E-state index >= 15 is 0 Å². The summed E-state index contributed by atoms with van der Waals surface area (Å²) in [5.74, 6) is -1.98. The number of anilines is 1. The molecule has 1 aromatic rings. The number of benzene rings is 1. The van der Waals surface area contributed by atoms with E-state index in [0.29, 0.717) is 18.7 Å². The van der Waals surface area contributed by atoms with Crippen LogP contribution in [0.15, 0.2) is 12.1 Å². The highest BCUT2D eigenvalue weighted by molar-refractivity contribution is 5.54. The number of nitro groups is 1. The largest absolute Gasteiger partial charge is 0.395 e. The number of hydrogen-bond acceptors (Lipinski definition) is 5. The lowest BCUT2D eigenvalue weighted by Crippen LogP contribution is -2.40. The number of nitrogens with zero attached hydrogens (tertiary/aromatic N) is 2. The number of nitrogens with one attached hydrogen (secondary N) is 1. The maximum Gasteiger partial charge on any atom is 0.275 e. The van der Waals surface area contributed by atoms with Crippen molar-refractivity contribution in [2.45, 2.75) is 18.9 Å². The van der Waals surface area contributed by atoms with E-state index in [4.69, 9.17) is 5.11 Å². The van der Waals surface area contributed by atoms with Crippen molar-refractivity contribution in [2.75, 3.05) is 31.1 Å². The molecule has 1 fully saturated rings. The number of rotatable bonds is 6. The number of nitro benzene ring substituents is 1. The predicted molar refractivity (Wildman–Crippen MR) is 73.3 cm³/mol. The van der Waals surface area contributed by atoms with Gasteiger partial charge in [-0.15, -0.1) is 0 Å². The number of non-ortho nitro benzene ring substituents is 1. The monoisotopic (exact) mass is 301 g/mol. The first kappa shape index (κ1) is 15.6. The van der Waals surface area contributed by atoms with Gasteiger partial charge in [0, 0.05) is 19.1 Å². The molecule has 21 heavy (non-hydrogen) atoms. The van der Waals surface area contributed by atoms with E-state index in [1.807, 2.05) is 0 Å². The number of aliphatic hydroxyl groups is 1. The standard InChI is InChI=1S/C13H17F2N3O3/c14-11-6-10(18(20)21)7-12(15)13(11)17(4-5-19)8-9-2-1-3-16-9/h6-7,9,16,19H,1-5,8H2. The molecule has 1 aliphatic rings. The Balaban J connectivity index is 2.28. The van der Waals surface area contributed by atoms with Crippen molar-refractivity contribution in [1.82, 2.24) is 5.32 Å². The molecular weight excluding hydrogens is 284 g/mol. The van der Waals surface area contributed by atoms with Crippen molar-refractivity contribution >= 4 is 11.4 Å². The fourth-order valence-corrected chi connectivity index (χ4v) is 2.55. The van der Waals surface area contributed by atoms with Gasteiger partial charge in [-0.2, -0.15) is 0 Å². The van der Waals surface area contributed by atoms with Crippen molar-refractivity contribution < 1.29 is 18.8 Å². The fourth-order valence-electron chi connectivity index (χ4n) is 2.55. The summed E-state index contributed by atoms with van der Waals surface area (Å²) in [5.41, 5.74) is -0.958. The highest BCUT2D eigenvalue weighted by Crippen LogP contribution is 2.28. The van der Waals surface area contributed by atoms with Crippen molar-refractivity contribution in [3.63, 3.8) is 0 Å². The second-order valence-electron chi connectivity index (χ2n) is 4.98. The Hall–Kier alpha value is -1.80. The van der Waals surface area contributed by atoms with Gasteiger partial charge in [-0.05, 0) is 19.4 Å². The van der Waals surface area contributed by atoms with Crippen molar-refractivity contribution in [3.05, 3.63) is 33.9 Å². The molecular formula is C13H17F2N3O3. The van der Waals surface area contributed by atoms with Gasteiger partial charge in [0.05, 0.1) is 23.7 Å². The quantitative estimate of drug-likeness (QED) is 0.614. The van der Waals surface area contributed by atoms with E-state index < -0.39 is 22.2 Å². The summed E-state index contributed by atoms with van der Waals surface area (Å²) in [4.78, 5) is 11.1. The summed E-state index contributed by atoms with van der Waals surface area (Å²) >= 11 is 0. The molecule has 1 aromatic carbocycles. The van der Waals surface area contributed by atoms with E-state index in [1.54, 1.807) is 0 Å². The molecule has 6 nitrogen and oxygen atoms in total. The Kier molecular flexibility index (Phi) is 5.03. The molecule has 1 unspecified atom stereocenters. The lowest BCUT2D eigenvalue weighted by Gasteiger charge is -2.27. The van der Waals surface area contributed by atoms with Gasteiger partial charge in [-0.1, -0.05) is 0 Å². The molecule has 1 aliphatic heterocycles. The van der Waals surface area contributed by atoms with Crippen molar-refractivity contribution in [3.8, 4) is 0 Å². The van der Waals surface area contributed by atoms with Gasteiger partial charge in [-0.25, -0.2) is 8.78 Å². The maximum absolute atomic E-state index is 14.0. The highest BCUT2D eigenvalue weighted by atomic mass is 19.1. The van der Waals surface area contributed by atoms with Gasteiger partial charge in [0.25, 0.3) is 5.69 Å². The van der Waals surface area contributed by atoms with Crippen molar-refractivity contribution in [2.24, 2.45) is 0 Å². The lowest BCUT2D eigenvalue weighted by atomic mass is 10.1. The molecule has 0 saturated carbocycles. The molecule has 0 aromatic heterocycles. The van der Waals surface area contributed by atoms with E-state index in [1.165, 1.54) is 4.90 Å². The zero-order valence-electron chi connectivity index (χ0n) is 11.4. The molecule has 0 bridgehead atoms. The molecule has 0 amide bonds. The van der Waals surface area contributed by atoms with Crippen LogP contribution in [0.2, 0.25) is 0 Å². The molecule has 1 atom stereocenters. The third kappa shape index (κ3) is 3.64. The third-order valence-corrected chi connectivity index (χ3v) is 3.50. The molecule has 2 N–H and O–H groups in total. The van der Waals surface area contributed by atoms with Crippen LogP contribution < -0.4 is 10.2 Å². The van der Waals surface area contributed by atoms with Crippen molar-refractivity contribution in [1.29, 1.82) is 0 Å². The van der Waals surface area contributed by atoms with Gasteiger partial charge < -0.3 is 15.3 Å². The van der Waals surface area contributed by atoms with Crippen LogP contribution in [-0.2, 0) is 0 Å². The van der Waals surface area contributed by atoms with Crippen LogP contribution in [0.5, 0.6) is 0 Å². The third-order valence-electron chi connectivity index (χ3n) is 3.50. The minimum atomic E-state index is -0.992. The summed E-state index contributed by atoms with van der Waals surface area (Å²) in [6.45, 7) is 0.988. The lowest BCUT2D eigenvalue weighted by molar-refractivity contribution is -0.385. The predicted octanol–water partition coefficient (Wildman–Crippen LogP) is 1.42. The minimum Gasteiger partial charge on any atom is -0.395 e. The van der Waals surface area contributed by atoms with Gasteiger partial charge >= 0.3 is 0 Å². The second-order valence-corrected chi connectivity index (χ2v) is 4.98. The van der Waals surface area contributed by atoms with Crippen LogP contribution in [0, 0.1) is 21.7 Å². The second kappa shape index (κ2) is 6.77. The summed E-state index contributed by atoms with van der Waals surface area (Å²) in [6, 6.07) is 1.49. The molecule has 0 radical (unpaired) electrons. The number of halogens is 2. The average molecular weight is 301 g/mol. The van der Waals surface area contributed by atoms with Crippen LogP contribution in [0.1, 0.15) is 12.8 Å². The van der Waals surface area contributed by atoms with Crippen LogP contribution in [0.4, 0.5) is 20.2 Å². The molecule has 1 heterocycles. The number of hydrogen-bond donors (Lipinski definition) is 2. The Labute approximate surface area is 120 Å². The Bertz CT molecular complexity index is 498. The average Bonchev–Trinajstić information content (AvgIpc) is 2.90. The van der Waals surface area contributed by atoms with Gasteiger partial charge in [0.15, 0.2) is 11.6 Å². The summed E-state index contributed by atoms with van der Waals surface area (Å²) in [5, 5.41) is 22.9. The molecule has 2 rings (SSSR count). The maximum atomic E-state index is 14.0. The molecule has 116 valence electrons. The van der Waals surface area contributed by atoms with E-state index in [0.717, 1.165) is 19.4 Å². The normalized spacial score (nSPS) is 18.0. The molecule has 8 heteroatoms. The number of aliphatic hydroxyl groups excluding tert-OH is 1. The van der Waals surface area contributed by atoms with Crippen LogP contribution in [0.3, 0.4) is 0 Å². The van der Waals surface area contributed by atoms with Gasteiger partial charge in [0.2, 0.25) is 0 Å². The first-order valence-electron chi connectivity index (χ1n) is 6.75. The molecule has 0 aliphatic carbocycles. The zero-order valence-corrected chi connectivity index (χ0v) is 11.4. The highest BCUT2D eigenvalue weighted by Gasteiger charge is 2.24. The smallest absolute Gasteiger partial charge is 0.275 e. The first-order chi connectivity index (χ1) is 10.0. The Morgan fingerprint density at radius 3 is 2.57 bits per heavy atom. The van der Waals surface area contributed by atoms with E-state index in [2.05, 4.69) is 5.32 Å². The van der Waals surface area contributed by atoms with Gasteiger partial charge in [0.1, 0.15) is 5.69 Å². The zero-order chi connectivity index (χ0) is 15.4. The summed E-state index contributed by atoms with van der Waals surface area (Å²) in [6.07, 6.45) is 1.88. The molecule has 1 saturated heterocycles. The fraction of sp³-hybridized carbons (Fsp3) is 0.538. The SMILES string of the molecule is O=[N+]([O-])c1cc(F)c(N(CCO)CC2CCCN2)c(F)c1. The summed E-state index contributed by atoms with van der Waals surface area (Å²) in [7, 11) is 0. The first-order valence-corrected chi connectivity index (χ1v) is 6.75. The Morgan fingerprint density at radius 2 is 2.10 bits per heavy atom. The van der Waals surface area contributed by atoms with Crippen LogP contribution >= 0.6 is 0 Å². The Morgan fingerprint density at radius 1 is 1.43 bits per heavy atom. The van der Waals surface area contributed by atoms with Gasteiger partial charge in [-0.3, -0.25) is 10.1 Å². The topological polar surface area (TPSA) is 78.6 Å². The van der Waals surface area contributed by atoms with Crippen LogP contribution in [0.25, 0.3) is 0 Å².